The number of benzene rings is 1. The van der Waals surface area contributed by atoms with E-state index in [1.54, 1.807) is 0 Å². The molecule has 0 saturated carbocycles. The van der Waals surface area contributed by atoms with E-state index in [0.717, 1.165) is 66.7 Å². The minimum absolute atomic E-state index is 0.722. The molecule has 0 amide bonds. The summed E-state index contributed by atoms with van der Waals surface area (Å²) in [7, 11) is 4.26. The molecule has 1 aromatic carbocycles. The molecule has 3 heterocycles. The van der Waals surface area contributed by atoms with Gasteiger partial charge in [0.2, 0.25) is 0 Å². The fourth-order valence-corrected chi connectivity index (χ4v) is 3.62. The molecule has 4 rings (SSSR count). The van der Waals surface area contributed by atoms with E-state index in [-0.39, 0.29) is 0 Å². The van der Waals surface area contributed by atoms with Crippen LogP contribution in [0.5, 0.6) is 0 Å². The van der Waals surface area contributed by atoms with Crippen LogP contribution in [0, 0.1) is 6.92 Å². The van der Waals surface area contributed by atoms with Crippen molar-refractivity contribution in [3.05, 3.63) is 54.1 Å². The number of hydrogen-bond donors (Lipinski definition) is 0. The molecule has 6 heteroatoms. The molecule has 174 valence electrons. The fourth-order valence-electron chi connectivity index (χ4n) is 3.62. The summed E-state index contributed by atoms with van der Waals surface area (Å²) >= 11 is 0. The number of nitrogens with zero attached hydrogens (tertiary/aromatic N) is 6. The number of fused-ring (bicyclic) bond motifs is 1. The first-order valence-corrected chi connectivity index (χ1v) is 11.8. The maximum absolute atomic E-state index is 4.68. The predicted octanol–water partition coefficient (Wildman–Crippen LogP) is 5.16. The van der Waals surface area contributed by atoms with Gasteiger partial charge in [0.15, 0.2) is 0 Å². The van der Waals surface area contributed by atoms with Gasteiger partial charge in [0.1, 0.15) is 11.6 Å². The quantitative estimate of drug-likeness (QED) is 0.563. The van der Waals surface area contributed by atoms with E-state index in [2.05, 4.69) is 87.9 Å². The second-order valence-corrected chi connectivity index (χ2v) is 7.97. The summed E-state index contributed by atoms with van der Waals surface area (Å²) < 4.78 is 0. The van der Waals surface area contributed by atoms with Gasteiger partial charge in [0.25, 0.3) is 0 Å². The monoisotopic (exact) mass is 436 g/mol. The summed E-state index contributed by atoms with van der Waals surface area (Å²) in [4.78, 5) is 20.9. The lowest BCUT2D eigenvalue weighted by molar-refractivity contribution is 0.312. The zero-order chi connectivity index (χ0) is 23.5. The Morgan fingerprint density at radius 2 is 1.62 bits per heavy atom. The fraction of sp³-hybridized carbons (Fsp3) is 0.500. The first-order valence-electron chi connectivity index (χ1n) is 11.8. The zero-order valence-corrected chi connectivity index (χ0v) is 21.0. The van der Waals surface area contributed by atoms with Crippen LogP contribution in [0.1, 0.15) is 45.6 Å². The maximum Gasteiger partial charge on any atom is 0.132 e. The van der Waals surface area contributed by atoms with Crippen LogP contribution in [-0.2, 0) is 6.54 Å². The molecule has 1 saturated heterocycles. The number of hydrogen-bond acceptors (Lipinski definition) is 6. The number of likely N-dealkylation sites (N-methyl/N-ethyl adjacent to an activating group) is 1. The topological polar surface area (TPSA) is 48.4 Å². The number of anilines is 2. The van der Waals surface area contributed by atoms with Gasteiger partial charge in [-0.2, -0.15) is 0 Å². The van der Waals surface area contributed by atoms with Crippen molar-refractivity contribution in [2.45, 2.75) is 47.6 Å². The van der Waals surface area contributed by atoms with Gasteiger partial charge in [-0.3, -0.25) is 4.98 Å². The Bertz CT molecular complexity index is 945. The average Bonchev–Trinajstić information content (AvgIpc) is 2.80. The number of aromatic nitrogens is 3. The highest BCUT2D eigenvalue weighted by molar-refractivity contribution is 5.90. The summed E-state index contributed by atoms with van der Waals surface area (Å²) in [6, 6.07) is 12.5. The first kappa shape index (κ1) is 25.5. The third-order valence-corrected chi connectivity index (χ3v) is 5.13. The molecule has 0 spiro atoms. The van der Waals surface area contributed by atoms with Crippen LogP contribution in [0.2, 0.25) is 0 Å². The summed E-state index contributed by atoms with van der Waals surface area (Å²) in [6.07, 6.45) is 3.10. The summed E-state index contributed by atoms with van der Waals surface area (Å²) in [5.41, 5.74) is 3.17. The lowest BCUT2D eigenvalue weighted by Crippen LogP contribution is -2.45. The van der Waals surface area contributed by atoms with Gasteiger partial charge in [-0.25, -0.2) is 9.97 Å². The minimum Gasteiger partial charge on any atom is -0.367 e. The molecule has 1 fully saturated rings. The van der Waals surface area contributed by atoms with Crippen LogP contribution in [0.3, 0.4) is 0 Å². The largest absolute Gasteiger partial charge is 0.367 e. The second-order valence-electron chi connectivity index (χ2n) is 7.97. The van der Waals surface area contributed by atoms with E-state index >= 15 is 0 Å². The molecule has 0 radical (unpaired) electrons. The van der Waals surface area contributed by atoms with E-state index in [1.807, 2.05) is 33.0 Å². The van der Waals surface area contributed by atoms with Crippen LogP contribution in [-0.4, -0.2) is 60.1 Å². The SMILES string of the molecule is CC.CCC.Cc1nc(CN(C)c2cccc3cccnc23)cc(N2CCN(C)CC2)n1. The van der Waals surface area contributed by atoms with Crippen molar-refractivity contribution in [1.82, 2.24) is 19.9 Å². The molecular weight excluding hydrogens is 396 g/mol. The Balaban J connectivity index is 0.000000671. The lowest BCUT2D eigenvalue weighted by Gasteiger charge is -2.33. The van der Waals surface area contributed by atoms with Crippen LogP contribution >= 0.6 is 0 Å². The number of aryl methyl sites for hydroxylation is 1. The van der Waals surface area contributed by atoms with E-state index < -0.39 is 0 Å². The molecule has 2 aromatic heterocycles. The Labute approximate surface area is 194 Å². The number of para-hydroxylation sites is 1. The third-order valence-electron chi connectivity index (χ3n) is 5.13. The molecule has 6 nitrogen and oxygen atoms in total. The molecule has 0 aliphatic carbocycles. The van der Waals surface area contributed by atoms with Crippen LogP contribution in [0.4, 0.5) is 11.5 Å². The van der Waals surface area contributed by atoms with Crippen molar-refractivity contribution in [3.8, 4) is 0 Å². The summed E-state index contributed by atoms with van der Waals surface area (Å²) in [5.74, 6) is 1.86. The van der Waals surface area contributed by atoms with E-state index in [9.17, 15) is 0 Å². The normalized spacial score (nSPS) is 13.7. The van der Waals surface area contributed by atoms with Gasteiger partial charge < -0.3 is 14.7 Å². The van der Waals surface area contributed by atoms with Crippen molar-refractivity contribution in [1.29, 1.82) is 0 Å². The molecule has 1 aliphatic rings. The number of piperazine rings is 1. The Hall–Kier alpha value is -2.73. The molecule has 0 atom stereocenters. The molecule has 0 N–H and O–H groups in total. The molecule has 0 bridgehead atoms. The van der Waals surface area contributed by atoms with E-state index in [0.29, 0.717) is 0 Å². The zero-order valence-electron chi connectivity index (χ0n) is 21.0. The highest BCUT2D eigenvalue weighted by Crippen LogP contribution is 2.25. The van der Waals surface area contributed by atoms with Crippen molar-refractivity contribution < 1.29 is 0 Å². The minimum atomic E-state index is 0.722. The molecule has 0 unspecified atom stereocenters. The third kappa shape index (κ3) is 6.89. The Kier molecular flexibility index (Phi) is 10.3. The highest BCUT2D eigenvalue weighted by Gasteiger charge is 2.17. The van der Waals surface area contributed by atoms with E-state index in [1.165, 1.54) is 6.42 Å². The molecule has 32 heavy (non-hydrogen) atoms. The standard InChI is InChI=1S/C21H26N6.C3H8.C2H6/c1-16-23-18(14-20(24-16)27-12-10-25(2)11-13-27)15-26(3)19-8-4-6-17-7-5-9-22-21(17)19;1-3-2;1-2/h4-9,14H,10-13,15H2,1-3H3;3H2,1-2H3;1-2H3. The highest BCUT2D eigenvalue weighted by atomic mass is 15.3. The Morgan fingerprint density at radius 1 is 0.969 bits per heavy atom. The first-order chi connectivity index (χ1) is 15.5. The number of rotatable bonds is 4. The predicted molar refractivity (Wildman–Crippen MR) is 138 cm³/mol. The molecule has 1 aliphatic heterocycles. The molecule has 3 aromatic rings. The van der Waals surface area contributed by atoms with Crippen LogP contribution < -0.4 is 9.80 Å². The van der Waals surface area contributed by atoms with Crippen molar-refractivity contribution >= 4 is 22.4 Å². The lowest BCUT2D eigenvalue weighted by atomic mass is 10.1. The van der Waals surface area contributed by atoms with Crippen molar-refractivity contribution in [2.24, 2.45) is 0 Å². The van der Waals surface area contributed by atoms with Gasteiger partial charge in [-0.1, -0.05) is 52.3 Å². The van der Waals surface area contributed by atoms with Gasteiger partial charge in [-0.15, -0.1) is 0 Å². The molecular formula is C26H40N6. The van der Waals surface area contributed by atoms with Gasteiger partial charge in [0, 0.05) is 50.9 Å². The average molecular weight is 437 g/mol. The summed E-state index contributed by atoms with van der Waals surface area (Å²) in [6.45, 7) is 15.1. The van der Waals surface area contributed by atoms with Gasteiger partial charge >= 0.3 is 0 Å². The second kappa shape index (κ2) is 13.0. The van der Waals surface area contributed by atoms with Crippen LogP contribution in [0.15, 0.2) is 42.6 Å². The number of pyridine rings is 1. The van der Waals surface area contributed by atoms with Crippen LogP contribution in [0.25, 0.3) is 10.9 Å². The van der Waals surface area contributed by atoms with E-state index in [4.69, 9.17) is 0 Å². The summed E-state index contributed by atoms with van der Waals surface area (Å²) in [5, 5.41) is 1.15. The van der Waals surface area contributed by atoms with Crippen molar-refractivity contribution in [3.63, 3.8) is 0 Å². The smallest absolute Gasteiger partial charge is 0.132 e. The van der Waals surface area contributed by atoms with Crippen molar-refractivity contribution in [2.75, 3.05) is 50.1 Å². The Morgan fingerprint density at radius 3 is 2.31 bits per heavy atom. The van der Waals surface area contributed by atoms with Gasteiger partial charge in [-0.05, 0) is 26.1 Å². The maximum atomic E-state index is 4.68. The van der Waals surface area contributed by atoms with Gasteiger partial charge in [0.05, 0.1) is 23.4 Å².